The molecule has 0 amide bonds. The van der Waals surface area contributed by atoms with E-state index >= 15 is 0 Å². The summed E-state index contributed by atoms with van der Waals surface area (Å²) in [4.78, 5) is 7.80. The van der Waals surface area contributed by atoms with E-state index in [2.05, 4.69) is 36.5 Å². The normalized spacial score (nSPS) is 10.2. The van der Waals surface area contributed by atoms with Gasteiger partial charge in [0.2, 0.25) is 5.95 Å². The third-order valence-corrected chi connectivity index (χ3v) is 3.26. The van der Waals surface area contributed by atoms with Gasteiger partial charge in [-0.1, -0.05) is 22.0 Å². The van der Waals surface area contributed by atoms with Crippen molar-refractivity contribution in [2.24, 2.45) is 0 Å². The summed E-state index contributed by atoms with van der Waals surface area (Å²) in [5.74, 6) is 0.0147. The number of benzene rings is 1. The quantitative estimate of drug-likeness (QED) is 0.911. The summed E-state index contributed by atoms with van der Waals surface area (Å²) < 4.78 is 14.5. The van der Waals surface area contributed by atoms with E-state index in [1.54, 1.807) is 7.05 Å². The predicted octanol–water partition coefficient (Wildman–Crippen LogP) is 3.47. The van der Waals surface area contributed by atoms with Gasteiger partial charge in [0, 0.05) is 17.2 Å². The molecule has 0 saturated carbocycles. The summed E-state index contributed by atoms with van der Waals surface area (Å²) in [7, 11) is 1.68. The number of aromatic nitrogens is 2. The minimum atomic E-state index is -0.495. The molecule has 0 aliphatic carbocycles. The molecule has 0 saturated heterocycles. The van der Waals surface area contributed by atoms with Gasteiger partial charge in [-0.25, -0.2) is 9.37 Å². The van der Waals surface area contributed by atoms with Crippen LogP contribution in [0.5, 0.6) is 0 Å². The Morgan fingerprint density at radius 2 is 2.11 bits per heavy atom. The zero-order valence-electron chi connectivity index (χ0n) is 9.96. The molecule has 94 valence electrons. The maximum absolute atomic E-state index is 13.5. The first-order valence-corrected chi connectivity index (χ1v) is 6.13. The van der Waals surface area contributed by atoms with Crippen LogP contribution in [-0.2, 0) is 0 Å². The standard InChI is InChI=1S/C12H12BrFN4/c1-7-3-4-8(5-9(7)13)17-11-10(14)6-16-12(15-2)18-11/h3-6H,1-2H3,(H2,15,16,17,18). The first-order valence-electron chi connectivity index (χ1n) is 5.33. The van der Waals surface area contributed by atoms with Gasteiger partial charge in [0.1, 0.15) is 0 Å². The second kappa shape index (κ2) is 5.30. The second-order valence-corrected chi connectivity index (χ2v) is 4.58. The van der Waals surface area contributed by atoms with Crippen molar-refractivity contribution in [2.45, 2.75) is 6.92 Å². The average molecular weight is 311 g/mol. The molecule has 0 fully saturated rings. The molecule has 1 aromatic carbocycles. The molecular weight excluding hydrogens is 299 g/mol. The number of hydrogen-bond acceptors (Lipinski definition) is 4. The van der Waals surface area contributed by atoms with Crippen LogP contribution in [0.25, 0.3) is 0 Å². The maximum atomic E-state index is 13.5. The molecule has 2 rings (SSSR count). The number of halogens is 2. The van der Waals surface area contributed by atoms with Crippen LogP contribution in [0.4, 0.5) is 21.8 Å². The number of aryl methyl sites for hydroxylation is 1. The highest BCUT2D eigenvalue weighted by molar-refractivity contribution is 9.10. The topological polar surface area (TPSA) is 49.8 Å². The van der Waals surface area contributed by atoms with Crippen LogP contribution < -0.4 is 10.6 Å². The molecule has 4 nitrogen and oxygen atoms in total. The highest BCUT2D eigenvalue weighted by Gasteiger charge is 2.07. The molecule has 2 N–H and O–H groups in total. The lowest BCUT2D eigenvalue weighted by Gasteiger charge is -2.09. The van der Waals surface area contributed by atoms with E-state index in [0.717, 1.165) is 21.9 Å². The largest absolute Gasteiger partial charge is 0.357 e. The van der Waals surface area contributed by atoms with Crippen molar-refractivity contribution in [3.8, 4) is 0 Å². The fourth-order valence-electron chi connectivity index (χ4n) is 1.38. The molecular formula is C12H12BrFN4. The van der Waals surface area contributed by atoms with Gasteiger partial charge in [-0.2, -0.15) is 4.98 Å². The molecule has 0 atom stereocenters. The summed E-state index contributed by atoms with van der Waals surface area (Å²) in [5, 5.41) is 5.68. The third kappa shape index (κ3) is 2.76. The van der Waals surface area contributed by atoms with Crippen molar-refractivity contribution < 1.29 is 4.39 Å². The van der Waals surface area contributed by atoms with Gasteiger partial charge in [0.15, 0.2) is 11.6 Å². The summed E-state index contributed by atoms with van der Waals surface area (Å²) in [6.07, 6.45) is 1.13. The molecule has 2 aromatic rings. The van der Waals surface area contributed by atoms with Crippen molar-refractivity contribution in [1.29, 1.82) is 0 Å². The monoisotopic (exact) mass is 310 g/mol. The van der Waals surface area contributed by atoms with E-state index < -0.39 is 5.82 Å². The molecule has 0 bridgehead atoms. The van der Waals surface area contributed by atoms with Gasteiger partial charge in [0.05, 0.1) is 6.20 Å². The molecule has 0 spiro atoms. The maximum Gasteiger partial charge on any atom is 0.224 e. The zero-order chi connectivity index (χ0) is 13.1. The van der Waals surface area contributed by atoms with Gasteiger partial charge >= 0.3 is 0 Å². The van der Waals surface area contributed by atoms with E-state index in [-0.39, 0.29) is 5.82 Å². The second-order valence-electron chi connectivity index (χ2n) is 3.73. The average Bonchev–Trinajstić information content (AvgIpc) is 2.36. The lowest BCUT2D eigenvalue weighted by Crippen LogP contribution is -2.03. The predicted molar refractivity (Wildman–Crippen MR) is 73.7 cm³/mol. The fraction of sp³-hybridized carbons (Fsp3) is 0.167. The number of anilines is 3. The van der Waals surface area contributed by atoms with Crippen LogP contribution in [0.2, 0.25) is 0 Å². The Kier molecular flexibility index (Phi) is 3.76. The molecule has 1 heterocycles. The Bertz CT molecular complexity index is 574. The zero-order valence-corrected chi connectivity index (χ0v) is 11.5. The Morgan fingerprint density at radius 3 is 2.78 bits per heavy atom. The lowest BCUT2D eigenvalue weighted by molar-refractivity contribution is 0.619. The number of nitrogens with one attached hydrogen (secondary N) is 2. The molecule has 1 aromatic heterocycles. The van der Waals surface area contributed by atoms with E-state index in [9.17, 15) is 4.39 Å². The smallest absolute Gasteiger partial charge is 0.224 e. The van der Waals surface area contributed by atoms with Gasteiger partial charge < -0.3 is 10.6 Å². The lowest BCUT2D eigenvalue weighted by atomic mass is 10.2. The van der Waals surface area contributed by atoms with Gasteiger partial charge in [0.25, 0.3) is 0 Å². The van der Waals surface area contributed by atoms with Crippen LogP contribution in [0.15, 0.2) is 28.9 Å². The van der Waals surface area contributed by atoms with Crippen LogP contribution in [-0.4, -0.2) is 17.0 Å². The third-order valence-electron chi connectivity index (χ3n) is 2.40. The van der Waals surface area contributed by atoms with E-state index in [1.165, 1.54) is 0 Å². The van der Waals surface area contributed by atoms with Crippen molar-refractivity contribution >= 4 is 33.4 Å². The van der Waals surface area contributed by atoms with Gasteiger partial charge in [-0.3, -0.25) is 0 Å². The molecule has 0 aliphatic rings. The summed E-state index contributed by atoms with van der Waals surface area (Å²) >= 11 is 3.43. The molecule has 6 heteroatoms. The first-order chi connectivity index (χ1) is 8.60. The summed E-state index contributed by atoms with van der Waals surface area (Å²) in [6, 6.07) is 5.67. The summed E-state index contributed by atoms with van der Waals surface area (Å²) in [5.41, 5.74) is 1.87. The van der Waals surface area contributed by atoms with Gasteiger partial charge in [-0.15, -0.1) is 0 Å². The Morgan fingerprint density at radius 1 is 1.33 bits per heavy atom. The SMILES string of the molecule is CNc1ncc(F)c(Nc2ccc(C)c(Br)c2)n1. The van der Waals surface area contributed by atoms with Crippen molar-refractivity contribution in [3.63, 3.8) is 0 Å². The van der Waals surface area contributed by atoms with Crippen LogP contribution in [0.1, 0.15) is 5.56 Å². The fourth-order valence-corrected chi connectivity index (χ4v) is 1.76. The van der Waals surface area contributed by atoms with Crippen molar-refractivity contribution in [3.05, 3.63) is 40.2 Å². The van der Waals surface area contributed by atoms with Crippen LogP contribution >= 0.6 is 15.9 Å². The highest BCUT2D eigenvalue weighted by atomic mass is 79.9. The Labute approximate surface area is 113 Å². The molecule has 0 radical (unpaired) electrons. The van der Waals surface area contributed by atoms with Crippen LogP contribution in [0, 0.1) is 12.7 Å². The summed E-state index contributed by atoms with van der Waals surface area (Å²) in [6.45, 7) is 1.98. The van der Waals surface area contributed by atoms with Crippen LogP contribution in [0.3, 0.4) is 0 Å². The molecule has 18 heavy (non-hydrogen) atoms. The Hall–Kier alpha value is -1.69. The number of hydrogen-bond donors (Lipinski definition) is 2. The van der Waals surface area contributed by atoms with Crippen molar-refractivity contribution in [2.75, 3.05) is 17.7 Å². The van der Waals surface area contributed by atoms with E-state index in [1.807, 2.05) is 25.1 Å². The number of rotatable bonds is 3. The molecule has 0 unspecified atom stereocenters. The van der Waals surface area contributed by atoms with Crippen molar-refractivity contribution in [1.82, 2.24) is 9.97 Å². The van der Waals surface area contributed by atoms with E-state index in [0.29, 0.717) is 5.95 Å². The highest BCUT2D eigenvalue weighted by Crippen LogP contribution is 2.24. The minimum Gasteiger partial charge on any atom is -0.357 e. The van der Waals surface area contributed by atoms with E-state index in [4.69, 9.17) is 0 Å². The van der Waals surface area contributed by atoms with Gasteiger partial charge in [-0.05, 0) is 24.6 Å². The minimum absolute atomic E-state index is 0.144. The number of nitrogens with zero attached hydrogens (tertiary/aromatic N) is 2. The first kappa shape index (κ1) is 12.8. The Balaban J connectivity index is 2.30. The molecule has 0 aliphatic heterocycles.